The Bertz CT molecular complexity index is 1130. The molecule has 1 fully saturated rings. The van der Waals surface area contributed by atoms with Crippen molar-refractivity contribution in [1.82, 2.24) is 24.8 Å². The van der Waals surface area contributed by atoms with Gasteiger partial charge in [0, 0.05) is 54.9 Å². The summed E-state index contributed by atoms with van der Waals surface area (Å²) in [6.45, 7) is 12.0. The fourth-order valence-electron chi connectivity index (χ4n) is 4.02. The molecular weight excluding hydrogens is 480 g/mol. The van der Waals surface area contributed by atoms with E-state index in [0.717, 1.165) is 66.2 Å². The lowest BCUT2D eigenvalue weighted by molar-refractivity contribution is 0.133. The number of thiazole rings is 1. The number of ether oxygens (including phenoxy) is 2. The van der Waals surface area contributed by atoms with E-state index in [0.29, 0.717) is 17.6 Å². The molecule has 0 aliphatic carbocycles. The predicted molar refractivity (Wildman–Crippen MR) is 144 cm³/mol. The summed E-state index contributed by atoms with van der Waals surface area (Å²) in [6, 6.07) is 7.80. The lowest BCUT2D eigenvalue weighted by Gasteiger charge is -2.32. The van der Waals surface area contributed by atoms with Gasteiger partial charge in [0.1, 0.15) is 17.4 Å². The summed E-state index contributed by atoms with van der Waals surface area (Å²) >= 11 is 3.25. The number of methoxy groups -OCH3 is 1. The van der Waals surface area contributed by atoms with Crippen LogP contribution in [0.3, 0.4) is 0 Å². The number of nitrogens with zero attached hydrogens (tertiary/aromatic N) is 5. The zero-order valence-electron chi connectivity index (χ0n) is 21.1. The van der Waals surface area contributed by atoms with Crippen LogP contribution in [-0.4, -0.2) is 78.2 Å². The molecule has 1 saturated heterocycles. The Hall–Kier alpha value is -2.40. The first-order valence-electron chi connectivity index (χ1n) is 11.8. The van der Waals surface area contributed by atoms with Crippen LogP contribution >= 0.6 is 23.1 Å². The van der Waals surface area contributed by atoms with Crippen LogP contribution in [0.1, 0.15) is 28.4 Å². The Labute approximate surface area is 215 Å². The van der Waals surface area contributed by atoms with Crippen molar-refractivity contribution in [2.45, 2.75) is 31.2 Å². The minimum Gasteiger partial charge on any atom is -0.493 e. The number of nitrogens with two attached hydrogens (primary N) is 1. The van der Waals surface area contributed by atoms with E-state index in [1.54, 1.807) is 36.3 Å². The minimum absolute atomic E-state index is 0.0961. The van der Waals surface area contributed by atoms with Gasteiger partial charge < -0.3 is 20.1 Å². The van der Waals surface area contributed by atoms with Gasteiger partial charge >= 0.3 is 0 Å². The molecule has 1 aromatic carbocycles. The lowest BCUT2D eigenvalue weighted by Crippen LogP contribution is -2.45. The van der Waals surface area contributed by atoms with Crippen LogP contribution < -0.4 is 15.2 Å². The van der Waals surface area contributed by atoms with Gasteiger partial charge in [-0.3, -0.25) is 4.90 Å². The first-order chi connectivity index (χ1) is 16.8. The highest BCUT2D eigenvalue weighted by molar-refractivity contribution is 7.99. The van der Waals surface area contributed by atoms with E-state index in [1.807, 2.05) is 25.1 Å². The molecule has 3 heterocycles. The molecule has 35 heavy (non-hydrogen) atoms. The average molecular weight is 515 g/mol. The van der Waals surface area contributed by atoms with Gasteiger partial charge in [0.15, 0.2) is 16.7 Å². The molecule has 8 nitrogen and oxygen atoms in total. The molecule has 0 amide bonds. The second-order valence-corrected chi connectivity index (χ2v) is 11.3. The van der Waals surface area contributed by atoms with E-state index in [2.05, 4.69) is 40.7 Å². The van der Waals surface area contributed by atoms with Crippen LogP contribution in [0.25, 0.3) is 10.6 Å². The van der Waals surface area contributed by atoms with Gasteiger partial charge in [-0.05, 0) is 46.0 Å². The molecule has 0 saturated carbocycles. The lowest BCUT2D eigenvalue weighted by atomic mass is 10.2. The zero-order chi connectivity index (χ0) is 24.9. The summed E-state index contributed by atoms with van der Waals surface area (Å²) in [4.78, 5) is 19.8. The van der Waals surface area contributed by atoms with Gasteiger partial charge in [-0.2, -0.15) is 0 Å². The normalized spacial score (nSPS) is 15.8. The summed E-state index contributed by atoms with van der Waals surface area (Å²) in [6.07, 6.45) is 0. The second kappa shape index (κ2) is 11.6. The van der Waals surface area contributed by atoms with Crippen LogP contribution in [0.15, 0.2) is 29.4 Å². The molecule has 4 rings (SSSR count). The standard InChI is InChI=1S/C25H34N6O2S2/c1-16-14-22(26)28-25(27-16)35-18(3)23-17(2)34-24(29-23)19-6-7-20(32-5)21(15-19)33-13-12-31-10-8-30(4)9-11-31/h6-7,14-15,18H,8-13H2,1-5H3,(H2,26,27,28). The number of rotatable bonds is 9. The highest BCUT2D eigenvalue weighted by Crippen LogP contribution is 2.40. The monoisotopic (exact) mass is 514 g/mol. The fraction of sp³-hybridized carbons (Fsp3) is 0.480. The molecular formula is C25H34N6O2S2. The van der Waals surface area contributed by atoms with Crippen molar-refractivity contribution in [1.29, 1.82) is 0 Å². The van der Waals surface area contributed by atoms with E-state index < -0.39 is 0 Å². The van der Waals surface area contributed by atoms with Crippen LogP contribution in [-0.2, 0) is 0 Å². The molecule has 2 N–H and O–H groups in total. The Morgan fingerprint density at radius 2 is 1.86 bits per heavy atom. The third kappa shape index (κ3) is 6.63. The number of benzene rings is 1. The first kappa shape index (κ1) is 25.7. The Balaban J connectivity index is 1.46. The quantitative estimate of drug-likeness (QED) is 0.332. The number of aryl methyl sites for hydroxylation is 2. The number of hydrogen-bond donors (Lipinski definition) is 1. The molecule has 0 bridgehead atoms. The molecule has 2 aromatic heterocycles. The molecule has 0 spiro atoms. The van der Waals surface area contributed by atoms with Crippen molar-refractivity contribution >= 4 is 28.9 Å². The first-order valence-corrected chi connectivity index (χ1v) is 13.5. The van der Waals surface area contributed by atoms with Crippen molar-refractivity contribution in [3.8, 4) is 22.1 Å². The van der Waals surface area contributed by atoms with Crippen LogP contribution in [0.2, 0.25) is 0 Å². The summed E-state index contributed by atoms with van der Waals surface area (Å²) in [5.74, 6) is 1.97. The Kier molecular flexibility index (Phi) is 8.48. The highest BCUT2D eigenvalue weighted by atomic mass is 32.2. The van der Waals surface area contributed by atoms with Gasteiger partial charge in [0.05, 0.1) is 18.1 Å². The molecule has 3 aromatic rings. The average Bonchev–Trinajstić information content (AvgIpc) is 3.21. The summed E-state index contributed by atoms with van der Waals surface area (Å²) in [5.41, 5.74) is 8.82. The topological polar surface area (TPSA) is 89.6 Å². The smallest absolute Gasteiger partial charge is 0.190 e. The fourth-order valence-corrected chi connectivity index (χ4v) is 6.11. The Morgan fingerprint density at radius 3 is 2.57 bits per heavy atom. The molecule has 1 aliphatic heterocycles. The number of likely N-dealkylation sites (N-methyl/N-ethyl adjacent to an activating group) is 1. The van der Waals surface area contributed by atoms with Gasteiger partial charge in [-0.1, -0.05) is 11.8 Å². The molecule has 188 valence electrons. The van der Waals surface area contributed by atoms with E-state index in [-0.39, 0.29) is 5.25 Å². The molecule has 1 unspecified atom stereocenters. The molecule has 10 heteroatoms. The van der Waals surface area contributed by atoms with Crippen molar-refractivity contribution < 1.29 is 9.47 Å². The highest BCUT2D eigenvalue weighted by Gasteiger charge is 2.19. The number of aromatic nitrogens is 3. The summed E-state index contributed by atoms with van der Waals surface area (Å²) in [7, 11) is 3.84. The van der Waals surface area contributed by atoms with Crippen molar-refractivity contribution in [2.24, 2.45) is 0 Å². The summed E-state index contributed by atoms with van der Waals surface area (Å²) in [5, 5.41) is 1.73. The number of nitrogen functional groups attached to an aromatic ring is 1. The third-order valence-electron chi connectivity index (χ3n) is 6.02. The van der Waals surface area contributed by atoms with Gasteiger partial charge in [-0.25, -0.2) is 15.0 Å². The van der Waals surface area contributed by atoms with Crippen LogP contribution in [0, 0.1) is 13.8 Å². The number of piperazine rings is 1. The maximum absolute atomic E-state index is 6.17. The van der Waals surface area contributed by atoms with Crippen LogP contribution in [0.4, 0.5) is 5.82 Å². The molecule has 0 radical (unpaired) electrons. The number of anilines is 1. The van der Waals surface area contributed by atoms with Gasteiger partial charge in [0.2, 0.25) is 0 Å². The van der Waals surface area contributed by atoms with Crippen LogP contribution in [0.5, 0.6) is 11.5 Å². The van der Waals surface area contributed by atoms with E-state index in [4.69, 9.17) is 20.2 Å². The molecule has 1 aliphatic rings. The maximum atomic E-state index is 6.17. The van der Waals surface area contributed by atoms with Crippen molar-refractivity contribution in [2.75, 3.05) is 59.2 Å². The third-order valence-corrected chi connectivity index (χ3v) is 8.03. The van der Waals surface area contributed by atoms with Gasteiger partial charge in [0.25, 0.3) is 0 Å². The van der Waals surface area contributed by atoms with Gasteiger partial charge in [-0.15, -0.1) is 11.3 Å². The Morgan fingerprint density at radius 1 is 1.09 bits per heavy atom. The minimum atomic E-state index is 0.0961. The van der Waals surface area contributed by atoms with E-state index in [9.17, 15) is 0 Å². The second-order valence-electron chi connectivity index (χ2n) is 8.80. The van der Waals surface area contributed by atoms with E-state index >= 15 is 0 Å². The van der Waals surface area contributed by atoms with Crippen molar-refractivity contribution in [3.05, 3.63) is 40.5 Å². The largest absolute Gasteiger partial charge is 0.493 e. The summed E-state index contributed by atoms with van der Waals surface area (Å²) < 4.78 is 11.7. The predicted octanol–water partition coefficient (Wildman–Crippen LogP) is 4.29. The van der Waals surface area contributed by atoms with E-state index in [1.165, 1.54) is 4.88 Å². The number of thioether (sulfide) groups is 1. The zero-order valence-corrected chi connectivity index (χ0v) is 22.7. The number of hydrogen-bond acceptors (Lipinski definition) is 10. The van der Waals surface area contributed by atoms with Crippen molar-refractivity contribution in [3.63, 3.8) is 0 Å². The SMILES string of the molecule is COc1ccc(-c2nc(C(C)Sc3nc(C)cc(N)n3)c(C)s2)cc1OCCN1CCN(C)CC1. The molecule has 1 atom stereocenters. The maximum Gasteiger partial charge on any atom is 0.190 e.